The summed E-state index contributed by atoms with van der Waals surface area (Å²) in [5.74, 6) is -0.227. The van der Waals surface area contributed by atoms with Gasteiger partial charge in [-0.1, -0.05) is 0 Å². The molecule has 0 fully saturated rings. The monoisotopic (exact) mass is 278 g/mol. The molecule has 0 aromatic carbocycles. The van der Waals surface area contributed by atoms with Crippen LogP contribution in [0.25, 0.3) is 0 Å². The van der Waals surface area contributed by atoms with E-state index >= 15 is 0 Å². The zero-order valence-corrected chi connectivity index (χ0v) is 13.0. The molecule has 0 amide bonds. The minimum atomic E-state index is -0.227. The van der Waals surface area contributed by atoms with Gasteiger partial charge in [0.1, 0.15) is 0 Å². The Morgan fingerprint density at radius 3 is 1.79 bits per heavy atom. The second-order valence-corrected chi connectivity index (χ2v) is 4.61. The highest BCUT2D eigenvalue weighted by Crippen LogP contribution is 1.91. The standard InChI is InChI=1S/C8H16O3.C6H14O2/c1-7(2)10-5-4-6-11-8(3)9;1-6(2)8-5-3-4-7/h7H,4-6H2,1-3H3;6-7H,3-5H2,1-2H3. The van der Waals surface area contributed by atoms with Gasteiger partial charge in [-0.2, -0.15) is 0 Å². The van der Waals surface area contributed by atoms with Gasteiger partial charge in [0, 0.05) is 26.6 Å². The number of rotatable bonds is 9. The first-order valence-corrected chi connectivity index (χ1v) is 6.87. The van der Waals surface area contributed by atoms with E-state index in [9.17, 15) is 4.79 Å². The van der Waals surface area contributed by atoms with E-state index in [1.54, 1.807) is 0 Å². The smallest absolute Gasteiger partial charge is 0.302 e. The molecule has 0 aliphatic heterocycles. The number of ether oxygens (including phenoxy) is 3. The van der Waals surface area contributed by atoms with Gasteiger partial charge >= 0.3 is 5.97 Å². The van der Waals surface area contributed by atoms with Gasteiger partial charge < -0.3 is 19.3 Å². The van der Waals surface area contributed by atoms with Crippen molar-refractivity contribution in [3.05, 3.63) is 0 Å². The molecule has 0 radical (unpaired) electrons. The molecule has 0 aliphatic rings. The SMILES string of the molecule is CC(=O)OCCCOC(C)C.CC(C)OCCCO. The van der Waals surface area contributed by atoms with E-state index in [4.69, 9.17) is 19.3 Å². The Labute approximate surface area is 117 Å². The van der Waals surface area contributed by atoms with E-state index in [2.05, 4.69) is 0 Å². The first-order valence-electron chi connectivity index (χ1n) is 6.87. The van der Waals surface area contributed by atoms with E-state index < -0.39 is 0 Å². The molecule has 0 unspecified atom stereocenters. The molecule has 0 saturated carbocycles. The van der Waals surface area contributed by atoms with Crippen LogP contribution in [-0.4, -0.2) is 49.7 Å². The van der Waals surface area contributed by atoms with Crippen LogP contribution in [0.2, 0.25) is 0 Å². The number of esters is 1. The quantitative estimate of drug-likeness (QED) is 0.517. The maximum Gasteiger partial charge on any atom is 0.302 e. The molecule has 0 heterocycles. The molecule has 0 aliphatic carbocycles. The Morgan fingerprint density at radius 2 is 1.42 bits per heavy atom. The molecule has 0 spiro atoms. The van der Waals surface area contributed by atoms with Gasteiger partial charge in [0.25, 0.3) is 0 Å². The van der Waals surface area contributed by atoms with Gasteiger partial charge in [0.05, 0.1) is 25.4 Å². The maximum atomic E-state index is 10.3. The van der Waals surface area contributed by atoms with Crippen LogP contribution < -0.4 is 0 Å². The number of hydrogen-bond acceptors (Lipinski definition) is 5. The van der Waals surface area contributed by atoms with Crippen molar-refractivity contribution < 1.29 is 24.1 Å². The highest BCUT2D eigenvalue weighted by molar-refractivity contribution is 5.65. The minimum absolute atomic E-state index is 0.227. The van der Waals surface area contributed by atoms with E-state index in [1.807, 2.05) is 27.7 Å². The van der Waals surface area contributed by atoms with Crippen LogP contribution in [0.15, 0.2) is 0 Å². The van der Waals surface area contributed by atoms with Crippen LogP contribution in [0.5, 0.6) is 0 Å². The second kappa shape index (κ2) is 15.4. The molecule has 5 nitrogen and oxygen atoms in total. The molecule has 19 heavy (non-hydrogen) atoms. The summed E-state index contributed by atoms with van der Waals surface area (Å²) in [6.07, 6.45) is 2.07. The summed E-state index contributed by atoms with van der Waals surface area (Å²) < 4.78 is 15.1. The van der Waals surface area contributed by atoms with Crippen molar-refractivity contribution >= 4 is 5.97 Å². The summed E-state index contributed by atoms with van der Waals surface area (Å²) in [4.78, 5) is 10.3. The predicted molar refractivity (Wildman–Crippen MR) is 75.1 cm³/mol. The fourth-order valence-electron chi connectivity index (χ4n) is 0.977. The topological polar surface area (TPSA) is 65.0 Å². The lowest BCUT2D eigenvalue weighted by atomic mass is 10.4. The molecule has 5 heteroatoms. The lowest BCUT2D eigenvalue weighted by Crippen LogP contribution is -2.08. The summed E-state index contributed by atoms with van der Waals surface area (Å²) in [5, 5.41) is 8.30. The second-order valence-electron chi connectivity index (χ2n) is 4.61. The number of aliphatic hydroxyl groups excluding tert-OH is 1. The van der Waals surface area contributed by atoms with E-state index in [0.29, 0.717) is 25.9 Å². The molecule has 0 aromatic heterocycles. The lowest BCUT2D eigenvalue weighted by Gasteiger charge is -2.06. The van der Waals surface area contributed by atoms with Gasteiger partial charge in [-0.15, -0.1) is 0 Å². The number of aliphatic hydroxyl groups is 1. The van der Waals surface area contributed by atoms with Crippen LogP contribution in [0.3, 0.4) is 0 Å². The summed E-state index contributed by atoms with van der Waals surface area (Å²) in [6, 6.07) is 0. The van der Waals surface area contributed by atoms with Crippen LogP contribution in [-0.2, 0) is 19.0 Å². The molecule has 1 N–H and O–H groups in total. The van der Waals surface area contributed by atoms with Gasteiger partial charge in [-0.25, -0.2) is 0 Å². The van der Waals surface area contributed by atoms with Crippen molar-refractivity contribution in [3.8, 4) is 0 Å². The average molecular weight is 278 g/mol. The number of carbonyl (C=O) groups excluding carboxylic acids is 1. The van der Waals surface area contributed by atoms with Crippen LogP contribution >= 0.6 is 0 Å². The van der Waals surface area contributed by atoms with E-state index in [-0.39, 0.29) is 18.7 Å². The largest absolute Gasteiger partial charge is 0.466 e. The molecule has 0 saturated heterocycles. The first-order chi connectivity index (χ1) is 8.90. The normalized spacial score (nSPS) is 10.3. The average Bonchev–Trinajstić information content (AvgIpc) is 2.28. The zero-order chi connectivity index (χ0) is 15.1. The Morgan fingerprint density at radius 1 is 0.947 bits per heavy atom. The van der Waals surface area contributed by atoms with Gasteiger partial charge in [0.2, 0.25) is 0 Å². The van der Waals surface area contributed by atoms with E-state index in [0.717, 1.165) is 12.8 Å². The van der Waals surface area contributed by atoms with Crippen molar-refractivity contribution in [2.45, 2.75) is 59.7 Å². The Hall–Kier alpha value is -0.650. The van der Waals surface area contributed by atoms with Gasteiger partial charge in [0.15, 0.2) is 0 Å². The van der Waals surface area contributed by atoms with E-state index in [1.165, 1.54) is 6.92 Å². The molecule has 0 rings (SSSR count). The van der Waals surface area contributed by atoms with Crippen LogP contribution in [0, 0.1) is 0 Å². The first kappa shape index (κ1) is 20.7. The van der Waals surface area contributed by atoms with Crippen molar-refractivity contribution in [3.63, 3.8) is 0 Å². The van der Waals surface area contributed by atoms with Gasteiger partial charge in [-0.05, 0) is 34.1 Å². The third kappa shape index (κ3) is 26.8. The highest BCUT2D eigenvalue weighted by Gasteiger charge is 1.94. The Bertz CT molecular complexity index is 192. The number of carbonyl (C=O) groups is 1. The Kier molecular flexibility index (Phi) is 16.8. The van der Waals surface area contributed by atoms with Crippen molar-refractivity contribution in [1.29, 1.82) is 0 Å². The third-order valence-corrected chi connectivity index (χ3v) is 1.80. The third-order valence-electron chi connectivity index (χ3n) is 1.80. The molecular weight excluding hydrogens is 248 g/mol. The molecule has 116 valence electrons. The zero-order valence-electron chi connectivity index (χ0n) is 13.0. The highest BCUT2D eigenvalue weighted by atomic mass is 16.5. The summed E-state index contributed by atoms with van der Waals surface area (Å²) in [5.41, 5.74) is 0. The molecule has 0 atom stereocenters. The van der Waals surface area contributed by atoms with Gasteiger partial charge in [-0.3, -0.25) is 4.79 Å². The minimum Gasteiger partial charge on any atom is -0.466 e. The van der Waals surface area contributed by atoms with Crippen molar-refractivity contribution in [2.75, 3.05) is 26.4 Å². The predicted octanol–water partition coefficient (Wildman–Crippen LogP) is 2.16. The van der Waals surface area contributed by atoms with Crippen LogP contribution in [0.1, 0.15) is 47.5 Å². The molecule has 0 aromatic rings. The van der Waals surface area contributed by atoms with Crippen molar-refractivity contribution in [1.82, 2.24) is 0 Å². The summed E-state index contributed by atoms with van der Waals surface area (Å²) in [7, 11) is 0. The fraction of sp³-hybridized carbons (Fsp3) is 0.929. The lowest BCUT2D eigenvalue weighted by molar-refractivity contribution is -0.141. The van der Waals surface area contributed by atoms with Crippen molar-refractivity contribution in [2.24, 2.45) is 0 Å². The maximum absolute atomic E-state index is 10.3. The summed E-state index contributed by atoms with van der Waals surface area (Å²) in [6.45, 7) is 11.4. The molecular formula is C14H30O5. The fourth-order valence-corrected chi connectivity index (χ4v) is 0.977. The Balaban J connectivity index is 0. The molecule has 0 bridgehead atoms. The number of hydrogen-bond donors (Lipinski definition) is 1. The van der Waals surface area contributed by atoms with Crippen LogP contribution in [0.4, 0.5) is 0 Å². The summed E-state index contributed by atoms with van der Waals surface area (Å²) >= 11 is 0.